The number of aliphatic carboxylic acids is 6. The Morgan fingerprint density at radius 2 is 0.933 bits per heavy atom. The van der Waals surface area contributed by atoms with Crippen molar-refractivity contribution >= 4 is 111 Å². The van der Waals surface area contributed by atoms with Gasteiger partial charge in [-0.2, -0.15) is 63.1 Å². The minimum Gasteiger partial charge on any atom is -0.481 e. The largest absolute Gasteiger partial charge is 0.481 e. The van der Waals surface area contributed by atoms with Gasteiger partial charge in [0.2, 0.25) is 0 Å². The summed E-state index contributed by atoms with van der Waals surface area (Å²) in [6.45, 7) is -4.78. The van der Waals surface area contributed by atoms with Gasteiger partial charge in [0, 0.05) is 66.2 Å². The fourth-order valence-electron chi connectivity index (χ4n) is 9.55. The molecule has 2 aromatic heterocycles. The molecule has 0 amide bonds. The first-order valence-corrected chi connectivity index (χ1v) is 25.4. The summed E-state index contributed by atoms with van der Waals surface area (Å²) in [5.74, 6) is -11.7. The van der Waals surface area contributed by atoms with Gasteiger partial charge in [-0.15, -0.1) is 11.8 Å². The number of thioether (sulfide) groups is 1. The summed E-state index contributed by atoms with van der Waals surface area (Å²) in [6, 6.07) is 0. The second-order valence-corrected chi connectivity index (χ2v) is 21.5. The first-order chi connectivity index (χ1) is 34.8. The number of carbonyl (C=O) groups is 6. The van der Waals surface area contributed by atoms with Crippen molar-refractivity contribution in [3.05, 3.63) is 62.9 Å². The molecule has 30 nitrogen and oxygen atoms in total. The SMILES string of the molecule is O=C(O)CC(S)C(C(=O)O)(C(S)C(CCO)C(=O)O)C(CCO)(SCCO)n1c(=O)[nH]c(=O)[nH]c1=O.O=C(O)CC(S)CC(CC(S)CC(=O)O)(C(=O)O)C(S)(CCO)C(CCO)(CCO)n1c(=O)[nH]c(=O)[nH]c1=O. The Kier molecular flexibility index (Phi) is 27.3. The van der Waals surface area contributed by atoms with Gasteiger partial charge in [0.1, 0.15) is 10.3 Å². The number of carboxylic acid groups (broad SMARTS) is 6. The lowest BCUT2D eigenvalue weighted by Gasteiger charge is -2.57. The van der Waals surface area contributed by atoms with Gasteiger partial charge in [0.25, 0.3) is 0 Å². The van der Waals surface area contributed by atoms with Crippen molar-refractivity contribution in [3.63, 3.8) is 0 Å². The van der Waals surface area contributed by atoms with Crippen LogP contribution in [0.15, 0.2) is 28.8 Å². The molecule has 0 saturated carbocycles. The van der Waals surface area contributed by atoms with Crippen molar-refractivity contribution in [2.24, 2.45) is 16.7 Å². The van der Waals surface area contributed by atoms with Crippen LogP contribution in [0, 0.1) is 16.7 Å². The molecule has 75 heavy (non-hydrogen) atoms. The van der Waals surface area contributed by atoms with Gasteiger partial charge < -0.3 is 61.3 Å². The maximum absolute atomic E-state index is 13.2. The Hall–Kier alpha value is -4.50. The summed E-state index contributed by atoms with van der Waals surface area (Å²) >= 11 is 22.0. The molecular weight excluding hydrogens is 1130 g/mol. The lowest BCUT2D eigenvalue weighted by molar-refractivity contribution is -0.159. The number of nitrogens with zero attached hydrogens (tertiary/aromatic N) is 2. The van der Waals surface area contributed by atoms with Crippen molar-refractivity contribution in [2.45, 2.75) is 100 Å². The number of aliphatic hydroxyl groups is 6. The quantitative estimate of drug-likeness (QED) is 0.0293. The third kappa shape index (κ3) is 15.2. The van der Waals surface area contributed by atoms with Gasteiger partial charge in [-0.3, -0.25) is 48.7 Å². The van der Waals surface area contributed by atoms with Crippen LogP contribution < -0.4 is 34.1 Å². The maximum atomic E-state index is 13.2. The third-order valence-corrected chi connectivity index (χ3v) is 17.1. The van der Waals surface area contributed by atoms with Gasteiger partial charge >= 0.3 is 70.0 Å². The van der Waals surface area contributed by atoms with Crippen LogP contribution in [0.2, 0.25) is 0 Å². The average molecular weight is 1190 g/mol. The number of nitrogens with one attached hydrogen (secondary N) is 4. The van der Waals surface area contributed by atoms with Crippen LogP contribution in [-0.4, -0.2) is 197 Å². The highest BCUT2D eigenvalue weighted by Gasteiger charge is 2.69. The van der Waals surface area contributed by atoms with E-state index in [2.05, 4.69) is 50.5 Å². The van der Waals surface area contributed by atoms with Crippen LogP contribution in [0.3, 0.4) is 0 Å². The summed E-state index contributed by atoms with van der Waals surface area (Å²) < 4.78 is -1.69. The topological polar surface area (TPSA) is 521 Å². The minimum absolute atomic E-state index is 0.227. The molecule has 0 aromatic carbocycles. The summed E-state index contributed by atoms with van der Waals surface area (Å²) in [4.78, 5) is 153. The Bertz CT molecular complexity index is 2580. The van der Waals surface area contributed by atoms with Gasteiger partial charge in [-0.1, -0.05) is 0 Å². The third-order valence-electron chi connectivity index (χ3n) is 12.3. The van der Waals surface area contributed by atoms with E-state index in [-0.39, 0.29) is 4.57 Å². The zero-order chi connectivity index (χ0) is 58.0. The number of aliphatic hydroxyl groups excluding tert-OH is 6. The van der Waals surface area contributed by atoms with Crippen LogP contribution in [-0.2, 0) is 39.2 Å². The van der Waals surface area contributed by atoms with E-state index >= 15 is 0 Å². The molecule has 2 rings (SSSR count). The summed E-state index contributed by atoms with van der Waals surface area (Å²) in [5, 5.41) is 112. The van der Waals surface area contributed by atoms with E-state index in [0.717, 1.165) is 0 Å². The highest BCUT2D eigenvalue weighted by atomic mass is 32.2. The number of thiol groups is 5. The molecule has 16 N–H and O–H groups in total. The number of rotatable bonds is 34. The van der Waals surface area contributed by atoms with E-state index in [9.17, 15) is 119 Å². The van der Waals surface area contributed by atoms with Crippen LogP contribution in [0.1, 0.15) is 64.2 Å². The fraction of sp³-hybridized carbons (Fsp3) is 0.692. The van der Waals surface area contributed by atoms with Crippen LogP contribution in [0.5, 0.6) is 0 Å². The number of aromatic amines is 4. The van der Waals surface area contributed by atoms with Crippen LogP contribution in [0.25, 0.3) is 0 Å². The number of H-pyrrole nitrogens is 4. The van der Waals surface area contributed by atoms with Gasteiger partial charge in [0.15, 0.2) is 0 Å². The molecule has 0 fully saturated rings. The number of aromatic nitrogens is 6. The molecule has 0 aliphatic carbocycles. The monoisotopic (exact) mass is 1190 g/mol. The Morgan fingerprint density at radius 3 is 1.25 bits per heavy atom. The molecule has 2 heterocycles. The molecule has 0 bridgehead atoms. The van der Waals surface area contributed by atoms with Crippen LogP contribution in [0.4, 0.5) is 0 Å². The zero-order valence-corrected chi connectivity index (χ0v) is 44.5. The summed E-state index contributed by atoms with van der Waals surface area (Å²) in [7, 11) is 0. The number of carboxylic acids is 6. The minimum atomic E-state index is -2.87. The van der Waals surface area contributed by atoms with E-state index in [1.165, 1.54) is 0 Å². The molecule has 0 radical (unpaired) electrons. The second-order valence-electron chi connectivity index (χ2n) is 16.7. The lowest BCUT2D eigenvalue weighted by Crippen LogP contribution is -2.70. The van der Waals surface area contributed by atoms with E-state index in [4.69, 9.17) is 12.6 Å². The Balaban J connectivity index is 0.000000752. The molecule has 8 atom stereocenters. The average Bonchev–Trinajstić information content (AvgIpc) is 3.25. The predicted molar refractivity (Wildman–Crippen MR) is 278 cm³/mol. The second kappa shape index (κ2) is 29.9. The molecule has 8 unspecified atom stereocenters. The Labute approximate surface area is 453 Å². The van der Waals surface area contributed by atoms with E-state index < -0.39 is 232 Å². The normalized spacial score (nSPS) is 16.9. The van der Waals surface area contributed by atoms with Gasteiger partial charge in [0.05, 0.1) is 47.5 Å². The summed E-state index contributed by atoms with van der Waals surface area (Å²) in [5.41, 5.74) is -15.6. The van der Waals surface area contributed by atoms with E-state index in [1.807, 2.05) is 9.97 Å². The zero-order valence-electron chi connectivity index (χ0n) is 39.2. The number of hydrogen-bond donors (Lipinski definition) is 21. The fourth-order valence-corrected chi connectivity index (χ4v) is 14.5. The molecule has 36 heteroatoms. The molecule has 0 spiro atoms. The van der Waals surface area contributed by atoms with Gasteiger partial charge in [-0.05, 0) is 38.5 Å². The van der Waals surface area contributed by atoms with Gasteiger partial charge in [-0.25, -0.2) is 37.9 Å². The van der Waals surface area contributed by atoms with E-state index in [1.54, 1.807) is 9.97 Å². The highest BCUT2D eigenvalue weighted by molar-refractivity contribution is 8.00. The van der Waals surface area contributed by atoms with Crippen LogP contribution >= 0.6 is 74.9 Å². The standard InChI is InChI=1S/C21H33N3O12S3.C18H27N3O12S3/c25-4-1-20(2-5-26,24-17(35)22-16(34)23-18(24)36)21(39,3-6-27)19(15(32)33,9-11(37)7-13(28)29)10-12(38)8-14(30)31;22-3-1-8(12(27)28)11(35)18(13(29)30,9(34)7-10(25)26)17(2-4-23,36-6-5-24)21-15(32)19-14(31)20-16(21)33/h11-12,25-27,37-39H,1-10H2,(H,28,29)(H,30,31)(H,32,33)(H2,22,23,34,35,36);8-9,11,22-24,34-35H,1-7H2,(H,25,26)(H,27,28)(H,29,30)(H2,19,20,31,32,33). The predicted octanol–water partition coefficient (Wildman–Crippen LogP) is -4.66. The number of hydrogen-bond acceptors (Lipinski definition) is 24. The van der Waals surface area contributed by atoms with Crippen molar-refractivity contribution < 1.29 is 90.0 Å². The molecule has 0 aliphatic heterocycles. The maximum Gasteiger partial charge on any atom is 0.334 e. The molecule has 0 aliphatic rings. The molecule has 2 aromatic rings. The first-order valence-electron chi connectivity index (χ1n) is 21.9. The molecular formula is C39H60N6O24S6. The first kappa shape index (κ1) is 68.5. The Morgan fingerprint density at radius 1 is 0.533 bits per heavy atom. The van der Waals surface area contributed by atoms with Crippen molar-refractivity contribution in [1.82, 2.24) is 29.1 Å². The highest BCUT2D eigenvalue weighted by Crippen LogP contribution is 2.59. The van der Waals surface area contributed by atoms with E-state index in [0.29, 0.717) is 16.3 Å². The lowest BCUT2D eigenvalue weighted by atomic mass is 9.57. The summed E-state index contributed by atoms with van der Waals surface area (Å²) in [6.07, 6.45) is -6.89. The molecule has 426 valence electrons. The van der Waals surface area contributed by atoms with Crippen molar-refractivity contribution in [1.29, 1.82) is 0 Å². The molecule has 0 saturated heterocycles. The smallest absolute Gasteiger partial charge is 0.334 e. The van der Waals surface area contributed by atoms with Crippen molar-refractivity contribution in [2.75, 3.05) is 45.4 Å². The van der Waals surface area contributed by atoms with Crippen molar-refractivity contribution in [3.8, 4) is 0 Å².